The molecule has 1 aromatic carbocycles. The molecule has 1 saturated heterocycles. The minimum atomic E-state index is -0.0587. The molecule has 2 atom stereocenters. The Kier molecular flexibility index (Phi) is 4.24. The first-order valence-electron chi connectivity index (χ1n) is 8.74. The molecule has 1 aromatic rings. The first-order valence-corrected chi connectivity index (χ1v) is 8.74. The van der Waals surface area contributed by atoms with Crippen LogP contribution in [0, 0.1) is 0 Å². The lowest BCUT2D eigenvalue weighted by Crippen LogP contribution is -2.54. The van der Waals surface area contributed by atoms with E-state index in [-0.39, 0.29) is 11.3 Å². The molecule has 1 amide bonds. The predicted molar refractivity (Wildman–Crippen MR) is 98.3 cm³/mol. The van der Waals surface area contributed by atoms with Gasteiger partial charge in [-0.1, -0.05) is 13.8 Å². The number of carbonyl (C=O) groups is 1. The maximum atomic E-state index is 12.1. The standard InChI is InChI=1S/C19H29N3O2/c1-12-9-21(10-13(2)20-12)17-8-16-15(7-18(17)24-6)19(4,5)11-22(16)14(3)23/h7-8,12-13,20H,9-11H2,1-6H3. The van der Waals surface area contributed by atoms with Gasteiger partial charge in [-0.05, 0) is 31.5 Å². The second-order valence-electron chi connectivity index (χ2n) is 7.90. The van der Waals surface area contributed by atoms with Gasteiger partial charge in [-0.25, -0.2) is 0 Å². The highest BCUT2D eigenvalue weighted by atomic mass is 16.5. The van der Waals surface area contributed by atoms with Crippen molar-refractivity contribution < 1.29 is 9.53 Å². The predicted octanol–water partition coefficient (Wildman–Crippen LogP) is 2.53. The van der Waals surface area contributed by atoms with Crippen LogP contribution in [0.5, 0.6) is 5.75 Å². The zero-order chi connectivity index (χ0) is 17.6. The van der Waals surface area contributed by atoms with Gasteiger partial charge in [0.2, 0.25) is 5.91 Å². The van der Waals surface area contributed by atoms with Gasteiger partial charge in [0.05, 0.1) is 12.8 Å². The number of amides is 1. The largest absolute Gasteiger partial charge is 0.495 e. The van der Waals surface area contributed by atoms with E-state index in [2.05, 4.69) is 50.0 Å². The van der Waals surface area contributed by atoms with E-state index in [1.165, 1.54) is 5.56 Å². The minimum Gasteiger partial charge on any atom is -0.495 e. The summed E-state index contributed by atoms with van der Waals surface area (Å²) < 4.78 is 5.72. The summed E-state index contributed by atoms with van der Waals surface area (Å²) in [6.07, 6.45) is 0. The van der Waals surface area contributed by atoms with Crippen LogP contribution >= 0.6 is 0 Å². The summed E-state index contributed by atoms with van der Waals surface area (Å²) in [4.78, 5) is 16.4. The van der Waals surface area contributed by atoms with Gasteiger partial charge in [-0.15, -0.1) is 0 Å². The lowest BCUT2D eigenvalue weighted by molar-refractivity contribution is -0.116. The molecule has 5 nitrogen and oxygen atoms in total. The topological polar surface area (TPSA) is 44.8 Å². The molecule has 0 bridgehead atoms. The third kappa shape index (κ3) is 2.86. The molecule has 2 unspecified atom stereocenters. The van der Waals surface area contributed by atoms with E-state index in [4.69, 9.17) is 4.74 Å². The molecule has 0 saturated carbocycles. The molecule has 0 radical (unpaired) electrons. The molecule has 132 valence electrons. The summed E-state index contributed by atoms with van der Waals surface area (Å²) in [6, 6.07) is 5.12. The van der Waals surface area contributed by atoms with Crippen molar-refractivity contribution in [3.05, 3.63) is 17.7 Å². The van der Waals surface area contributed by atoms with Gasteiger partial charge >= 0.3 is 0 Å². The van der Waals surface area contributed by atoms with E-state index in [9.17, 15) is 4.79 Å². The molecule has 0 spiro atoms. The third-order valence-electron chi connectivity index (χ3n) is 5.15. The van der Waals surface area contributed by atoms with Crippen molar-refractivity contribution in [2.24, 2.45) is 0 Å². The molecule has 2 aliphatic rings. The van der Waals surface area contributed by atoms with Crippen LogP contribution in [0.1, 0.15) is 40.2 Å². The molecule has 1 N–H and O–H groups in total. The number of nitrogens with one attached hydrogen (secondary N) is 1. The molecule has 3 rings (SSSR count). The number of hydrogen-bond donors (Lipinski definition) is 1. The highest BCUT2D eigenvalue weighted by Crippen LogP contribution is 2.46. The Hall–Kier alpha value is -1.75. The number of carbonyl (C=O) groups excluding carboxylic acids is 1. The first kappa shape index (κ1) is 17.1. The fourth-order valence-corrected chi connectivity index (χ4v) is 4.10. The number of rotatable bonds is 2. The van der Waals surface area contributed by atoms with Crippen molar-refractivity contribution in [3.63, 3.8) is 0 Å². The summed E-state index contributed by atoms with van der Waals surface area (Å²) in [5.74, 6) is 0.994. The summed E-state index contributed by atoms with van der Waals surface area (Å²) in [5.41, 5.74) is 3.24. The summed E-state index contributed by atoms with van der Waals surface area (Å²) in [7, 11) is 1.73. The average Bonchev–Trinajstić information content (AvgIpc) is 2.76. The van der Waals surface area contributed by atoms with Gasteiger partial charge in [0.15, 0.2) is 0 Å². The lowest BCUT2D eigenvalue weighted by atomic mass is 9.86. The number of piperazine rings is 1. The maximum Gasteiger partial charge on any atom is 0.223 e. The maximum absolute atomic E-state index is 12.1. The van der Waals surface area contributed by atoms with E-state index in [1.807, 2.05) is 4.90 Å². The highest BCUT2D eigenvalue weighted by Gasteiger charge is 2.38. The Morgan fingerprint density at radius 2 is 1.83 bits per heavy atom. The van der Waals surface area contributed by atoms with Crippen LogP contribution in [0.3, 0.4) is 0 Å². The first-order chi connectivity index (χ1) is 11.2. The molecule has 2 aliphatic heterocycles. The Balaban J connectivity index is 2.08. The number of methoxy groups -OCH3 is 1. The van der Waals surface area contributed by atoms with Gasteiger partial charge in [-0.2, -0.15) is 0 Å². The van der Waals surface area contributed by atoms with Crippen molar-refractivity contribution in [2.45, 2.75) is 52.1 Å². The van der Waals surface area contributed by atoms with Gasteiger partial charge in [0, 0.05) is 49.7 Å². The van der Waals surface area contributed by atoms with E-state index < -0.39 is 0 Å². The van der Waals surface area contributed by atoms with Crippen LogP contribution < -0.4 is 19.9 Å². The number of nitrogens with zero attached hydrogens (tertiary/aromatic N) is 2. The molecule has 1 fully saturated rings. The molecular weight excluding hydrogens is 302 g/mol. The van der Waals surface area contributed by atoms with E-state index in [1.54, 1.807) is 14.0 Å². The molecule has 5 heteroatoms. The van der Waals surface area contributed by atoms with Gasteiger partial charge in [-0.3, -0.25) is 4.79 Å². The molecule has 0 aliphatic carbocycles. The Morgan fingerprint density at radius 3 is 2.38 bits per heavy atom. The zero-order valence-corrected chi connectivity index (χ0v) is 15.6. The summed E-state index contributed by atoms with van der Waals surface area (Å²) in [5, 5.41) is 3.56. The van der Waals surface area contributed by atoms with E-state index in [0.29, 0.717) is 12.1 Å². The highest BCUT2D eigenvalue weighted by molar-refractivity contribution is 5.96. The average molecular weight is 331 g/mol. The molecule has 2 heterocycles. The van der Waals surface area contributed by atoms with Crippen LogP contribution in [-0.4, -0.2) is 44.7 Å². The van der Waals surface area contributed by atoms with Crippen molar-refractivity contribution in [2.75, 3.05) is 36.5 Å². The van der Waals surface area contributed by atoms with Crippen LogP contribution in [0.2, 0.25) is 0 Å². The minimum absolute atomic E-state index is 0.0587. The normalized spacial score (nSPS) is 25.6. The van der Waals surface area contributed by atoms with Gasteiger partial charge in [0.1, 0.15) is 5.75 Å². The van der Waals surface area contributed by atoms with Crippen LogP contribution in [0.4, 0.5) is 11.4 Å². The smallest absolute Gasteiger partial charge is 0.223 e. The molecule has 0 aromatic heterocycles. The van der Waals surface area contributed by atoms with E-state index >= 15 is 0 Å². The fourth-order valence-electron chi connectivity index (χ4n) is 4.10. The number of benzene rings is 1. The quantitative estimate of drug-likeness (QED) is 0.904. The van der Waals surface area contributed by atoms with Gasteiger partial charge < -0.3 is 19.9 Å². The number of fused-ring (bicyclic) bond motifs is 1. The summed E-state index contributed by atoms with van der Waals surface area (Å²) >= 11 is 0. The van der Waals surface area contributed by atoms with Crippen LogP contribution in [0.25, 0.3) is 0 Å². The monoisotopic (exact) mass is 331 g/mol. The van der Waals surface area contributed by atoms with Crippen molar-refractivity contribution >= 4 is 17.3 Å². The lowest BCUT2D eigenvalue weighted by Gasteiger charge is -2.38. The fraction of sp³-hybridized carbons (Fsp3) is 0.632. The van der Waals surface area contributed by atoms with Crippen molar-refractivity contribution in [1.82, 2.24) is 5.32 Å². The number of anilines is 2. The van der Waals surface area contributed by atoms with Crippen LogP contribution in [0.15, 0.2) is 12.1 Å². The van der Waals surface area contributed by atoms with Gasteiger partial charge in [0.25, 0.3) is 0 Å². The second-order valence-corrected chi connectivity index (χ2v) is 7.90. The summed E-state index contributed by atoms with van der Waals surface area (Å²) in [6.45, 7) is 13.0. The second kappa shape index (κ2) is 5.96. The van der Waals surface area contributed by atoms with E-state index in [0.717, 1.165) is 36.8 Å². The third-order valence-corrected chi connectivity index (χ3v) is 5.15. The van der Waals surface area contributed by atoms with Crippen LogP contribution in [-0.2, 0) is 10.2 Å². The van der Waals surface area contributed by atoms with Crippen molar-refractivity contribution in [3.8, 4) is 5.75 Å². The zero-order valence-electron chi connectivity index (χ0n) is 15.6. The number of ether oxygens (including phenoxy) is 1. The SMILES string of the molecule is COc1cc2c(cc1N1CC(C)NC(C)C1)N(C(C)=O)CC2(C)C. The Morgan fingerprint density at radius 1 is 1.21 bits per heavy atom. The molecular formula is C19H29N3O2. The Bertz CT molecular complexity index is 646. The Labute approximate surface area is 145 Å². The number of hydrogen-bond acceptors (Lipinski definition) is 4. The van der Waals surface area contributed by atoms with Crippen molar-refractivity contribution in [1.29, 1.82) is 0 Å². The molecule has 24 heavy (non-hydrogen) atoms.